The molecule has 0 saturated heterocycles. The second-order valence-corrected chi connectivity index (χ2v) is 2.41. The Morgan fingerprint density at radius 2 is 1.77 bits per heavy atom. The fourth-order valence-corrected chi connectivity index (χ4v) is 0.998. The van der Waals surface area contributed by atoms with Gasteiger partial charge in [0, 0.05) is 18.5 Å². The number of hydrogen-bond donors (Lipinski definition) is 0. The Morgan fingerprint density at radius 3 is 2.38 bits per heavy atom. The fraction of sp³-hybridized carbons (Fsp3) is 0. The standard InChI is InChI=1S/C8H5F2N3/c9-6-5-7(12-8(10)11-6)13-3-1-2-4-13/h1-5H. The van der Waals surface area contributed by atoms with Crippen LogP contribution in [0.3, 0.4) is 0 Å². The average molecular weight is 181 g/mol. The summed E-state index contributed by atoms with van der Waals surface area (Å²) < 4.78 is 26.7. The molecule has 0 spiro atoms. The summed E-state index contributed by atoms with van der Waals surface area (Å²) >= 11 is 0. The topological polar surface area (TPSA) is 30.7 Å². The molecule has 0 bridgehead atoms. The summed E-state index contributed by atoms with van der Waals surface area (Å²) in [5.41, 5.74) is 0. The van der Waals surface area contributed by atoms with Gasteiger partial charge in [0.15, 0.2) is 0 Å². The summed E-state index contributed by atoms with van der Waals surface area (Å²) in [6.07, 6.45) is 2.21. The van der Waals surface area contributed by atoms with E-state index in [0.717, 1.165) is 6.07 Å². The molecule has 0 saturated carbocycles. The van der Waals surface area contributed by atoms with Crippen LogP contribution in [0.2, 0.25) is 0 Å². The van der Waals surface area contributed by atoms with E-state index in [1.165, 1.54) is 4.57 Å². The number of nitrogens with zero attached hydrogens (tertiary/aromatic N) is 3. The Hall–Kier alpha value is -1.78. The van der Waals surface area contributed by atoms with Gasteiger partial charge in [0.25, 0.3) is 0 Å². The zero-order valence-corrected chi connectivity index (χ0v) is 6.48. The molecule has 66 valence electrons. The number of rotatable bonds is 1. The van der Waals surface area contributed by atoms with E-state index in [-0.39, 0.29) is 5.82 Å². The first-order valence-electron chi connectivity index (χ1n) is 3.59. The monoisotopic (exact) mass is 181 g/mol. The highest BCUT2D eigenvalue weighted by atomic mass is 19.1. The third-order valence-corrected chi connectivity index (χ3v) is 1.52. The zero-order chi connectivity index (χ0) is 9.26. The molecule has 0 atom stereocenters. The molecule has 2 aromatic heterocycles. The van der Waals surface area contributed by atoms with Gasteiger partial charge in [-0.2, -0.15) is 18.7 Å². The van der Waals surface area contributed by atoms with Gasteiger partial charge in [-0.25, -0.2) is 0 Å². The molecule has 5 heteroatoms. The second-order valence-electron chi connectivity index (χ2n) is 2.41. The number of aromatic nitrogens is 3. The minimum Gasteiger partial charge on any atom is -0.308 e. The van der Waals surface area contributed by atoms with Crippen LogP contribution in [0.5, 0.6) is 0 Å². The predicted molar refractivity (Wildman–Crippen MR) is 41.3 cm³/mol. The maximum absolute atomic E-state index is 12.6. The van der Waals surface area contributed by atoms with Crippen molar-refractivity contribution in [3.8, 4) is 5.82 Å². The van der Waals surface area contributed by atoms with Crippen molar-refractivity contribution in [2.24, 2.45) is 0 Å². The van der Waals surface area contributed by atoms with Crippen molar-refractivity contribution in [2.45, 2.75) is 0 Å². The molecule has 0 aromatic carbocycles. The highest BCUT2D eigenvalue weighted by Gasteiger charge is 2.03. The molecule has 0 aliphatic heterocycles. The smallest absolute Gasteiger partial charge is 0.308 e. The largest absolute Gasteiger partial charge is 0.313 e. The van der Waals surface area contributed by atoms with Crippen molar-refractivity contribution in [3.05, 3.63) is 42.6 Å². The zero-order valence-electron chi connectivity index (χ0n) is 6.48. The lowest BCUT2D eigenvalue weighted by Crippen LogP contribution is -2.00. The van der Waals surface area contributed by atoms with Crippen LogP contribution in [0.1, 0.15) is 0 Å². The molecule has 0 fully saturated rings. The first-order chi connectivity index (χ1) is 6.25. The first-order valence-corrected chi connectivity index (χ1v) is 3.59. The molecule has 0 aliphatic rings. The summed E-state index contributed by atoms with van der Waals surface area (Å²) in [6, 6.07) is 4.53. The van der Waals surface area contributed by atoms with Gasteiger partial charge in [0.05, 0.1) is 0 Å². The maximum atomic E-state index is 12.6. The van der Waals surface area contributed by atoms with Gasteiger partial charge in [-0.05, 0) is 12.1 Å². The van der Waals surface area contributed by atoms with Crippen LogP contribution in [0.25, 0.3) is 5.82 Å². The van der Waals surface area contributed by atoms with Gasteiger partial charge in [0.2, 0.25) is 5.95 Å². The summed E-state index contributed by atoms with van der Waals surface area (Å²) in [5.74, 6) is -0.703. The van der Waals surface area contributed by atoms with E-state index in [1.54, 1.807) is 24.5 Å². The van der Waals surface area contributed by atoms with E-state index in [0.29, 0.717) is 0 Å². The number of halogens is 2. The predicted octanol–water partition coefficient (Wildman–Crippen LogP) is 1.55. The Kier molecular flexibility index (Phi) is 1.77. The molecule has 2 rings (SSSR count). The molecule has 2 heterocycles. The summed E-state index contributed by atoms with van der Waals surface area (Å²) in [7, 11) is 0. The average Bonchev–Trinajstić information content (AvgIpc) is 2.53. The minimum absolute atomic E-state index is 0.176. The molecule has 0 radical (unpaired) electrons. The highest BCUT2D eigenvalue weighted by Crippen LogP contribution is 2.05. The Balaban J connectivity index is 2.53. The lowest BCUT2D eigenvalue weighted by molar-refractivity contribution is 0.480. The van der Waals surface area contributed by atoms with Gasteiger partial charge in [-0.15, -0.1) is 0 Å². The number of hydrogen-bond acceptors (Lipinski definition) is 2. The van der Waals surface area contributed by atoms with Gasteiger partial charge < -0.3 is 4.57 Å². The third kappa shape index (κ3) is 1.53. The van der Waals surface area contributed by atoms with Crippen LogP contribution in [0.4, 0.5) is 8.78 Å². The van der Waals surface area contributed by atoms with E-state index in [1.807, 2.05) is 0 Å². The Morgan fingerprint density at radius 1 is 1.08 bits per heavy atom. The molecule has 0 aliphatic carbocycles. The molecule has 13 heavy (non-hydrogen) atoms. The normalized spacial score (nSPS) is 10.3. The van der Waals surface area contributed by atoms with E-state index < -0.39 is 12.0 Å². The fourth-order valence-electron chi connectivity index (χ4n) is 0.998. The van der Waals surface area contributed by atoms with Gasteiger partial charge in [0.1, 0.15) is 5.82 Å². The second kappa shape index (κ2) is 2.93. The lowest BCUT2D eigenvalue weighted by atomic mass is 10.5. The van der Waals surface area contributed by atoms with Gasteiger partial charge in [-0.3, -0.25) is 0 Å². The SMILES string of the molecule is Fc1cc(-n2cccc2)nc(F)n1. The summed E-state index contributed by atoms with van der Waals surface area (Å²) in [5, 5.41) is 0. The quantitative estimate of drug-likeness (QED) is 0.493. The van der Waals surface area contributed by atoms with Crippen LogP contribution in [-0.4, -0.2) is 14.5 Å². The highest BCUT2D eigenvalue weighted by molar-refractivity contribution is 5.21. The molecular formula is C8H5F2N3. The van der Waals surface area contributed by atoms with E-state index in [9.17, 15) is 8.78 Å². The van der Waals surface area contributed by atoms with E-state index in [2.05, 4.69) is 9.97 Å². The Labute approximate surface area is 72.7 Å². The molecule has 3 nitrogen and oxygen atoms in total. The van der Waals surface area contributed by atoms with E-state index in [4.69, 9.17) is 0 Å². The molecular weight excluding hydrogens is 176 g/mol. The third-order valence-electron chi connectivity index (χ3n) is 1.52. The Bertz CT molecular complexity index is 391. The van der Waals surface area contributed by atoms with Crippen molar-refractivity contribution in [1.29, 1.82) is 0 Å². The van der Waals surface area contributed by atoms with Crippen molar-refractivity contribution in [3.63, 3.8) is 0 Å². The van der Waals surface area contributed by atoms with Crippen molar-refractivity contribution < 1.29 is 8.78 Å². The molecule has 0 unspecified atom stereocenters. The lowest BCUT2D eigenvalue weighted by Gasteiger charge is -2.00. The van der Waals surface area contributed by atoms with Crippen LogP contribution in [-0.2, 0) is 0 Å². The van der Waals surface area contributed by atoms with Gasteiger partial charge >= 0.3 is 6.08 Å². The first kappa shape index (κ1) is 7.85. The molecule has 0 N–H and O–H groups in total. The van der Waals surface area contributed by atoms with E-state index >= 15 is 0 Å². The van der Waals surface area contributed by atoms with Gasteiger partial charge in [-0.1, -0.05) is 0 Å². The molecule has 2 aromatic rings. The van der Waals surface area contributed by atoms with Crippen LogP contribution < -0.4 is 0 Å². The van der Waals surface area contributed by atoms with Crippen LogP contribution >= 0.6 is 0 Å². The van der Waals surface area contributed by atoms with Crippen molar-refractivity contribution >= 4 is 0 Å². The van der Waals surface area contributed by atoms with Crippen LogP contribution in [0, 0.1) is 12.0 Å². The van der Waals surface area contributed by atoms with Crippen LogP contribution in [0.15, 0.2) is 30.6 Å². The van der Waals surface area contributed by atoms with Crippen molar-refractivity contribution in [1.82, 2.24) is 14.5 Å². The molecule has 0 amide bonds. The summed E-state index contributed by atoms with van der Waals surface area (Å²) in [6.45, 7) is 0. The summed E-state index contributed by atoms with van der Waals surface area (Å²) in [4.78, 5) is 6.31. The maximum Gasteiger partial charge on any atom is 0.313 e. The van der Waals surface area contributed by atoms with Crippen molar-refractivity contribution in [2.75, 3.05) is 0 Å². The minimum atomic E-state index is -1.07.